The summed E-state index contributed by atoms with van der Waals surface area (Å²) >= 11 is 18.5. The number of hydrogen-bond donors (Lipinski definition) is 1. The first-order valence-corrected chi connectivity index (χ1v) is 10.8. The molecule has 1 fully saturated rings. The molecule has 1 amide bonds. The molecule has 30 heavy (non-hydrogen) atoms. The third-order valence-corrected chi connectivity index (χ3v) is 5.74. The van der Waals surface area contributed by atoms with E-state index in [1.807, 2.05) is 0 Å². The van der Waals surface area contributed by atoms with Gasteiger partial charge in [0.05, 0.1) is 40.5 Å². The van der Waals surface area contributed by atoms with Crippen LogP contribution in [-0.4, -0.2) is 61.7 Å². The monoisotopic (exact) mass is 470 g/mol. The van der Waals surface area contributed by atoms with Crippen LogP contribution in [0.4, 0.5) is 11.5 Å². The molecule has 0 saturated carbocycles. The van der Waals surface area contributed by atoms with E-state index in [0.29, 0.717) is 77.5 Å². The van der Waals surface area contributed by atoms with Gasteiger partial charge in [-0.05, 0) is 6.07 Å². The molecule has 10 heteroatoms. The zero-order valence-corrected chi connectivity index (χ0v) is 18.4. The molecule has 0 unspecified atom stereocenters. The third kappa shape index (κ3) is 5.03. The first-order valence-electron chi connectivity index (χ1n) is 9.67. The molecule has 2 aliphatic heterocycles. The number of pyridine rings is 1. The molecule has 1 saturated heterocycles. The number of anilines is 2. The van der Waals surface area contributed by atoms with Gasteiger partial charge in [0.15, 0.2) is 11.5 Å². The van der Waals surface area contributed by atoms with E-state index in [1.54, 1.807) is 24.4 Å². The van der Waals surface area contributed by atoms with Crippen molar-refractivity contribution >= 4 is 52.2 Å². The number of halogens is 3. The van der Waals surface area contributed by atoms with Gasteiger partial charge < -0.3 is 19.7 Å². The zero-order valence-electron chi connectivity index (χ0n) is 16.2. The molecule has 4 rings (SSSR count). The second-order valence-electron chi connectivity index (χ2n) is 7.10. The highest BCUT2D eigenvalue weighted by Crippen LogP contribution is 2.37. The van der Waals surface area contributed by atoms with Crippen molar-refractivity contribution in [1.29, 1.82) is 0 Å². The molecule has 3 heterocycles. The number of rotatable bonds is 4. The molecule has 1 aromatic heterocycles. The molecule has 2 aliphatic rings. The van der Waals surface area contributed by atoms with Crippen LogP contribution in [0, 0.1) is 0 Å². The van der Waals surface area contributed by atoms with Crippen LogP contribution < -0.4 is 19.7 Å². The number of ether oxygens (including phenoxy) is 2. The molecule has 0 bridgehead atoms. The standard InChI is InChI=1S/C20H21Cl3N4O3/c21-13-8-15(23)20(24-11-13)27-4-2-26(3-5-27)12-19(28)25-16-10-18-17(9-14(16)22)29-6-1-7-30-18/h8-11H,1-7,12H2,(H,25,28). The average molecular weight is 472 g/mol. The smallest absolute Gasteiger partial charge is 0.238 e. The van der Waals surface area contributed by atoms with Gasteiger partial charge in [0.2, 0.25) is 5.91 Å². The second-order valence-corrected chi connectivity index (χ2v) is 8.35. The molecule has 7 nitrogen and oxygen atoms in total. The number of nitrogens with zero attached hydrogens (tertiary/aromatic N) is 3. The molecule has 1 N–H and O–H groups in total. The van der Waals surface area contributed by atoms with Crippen molar-refractivity contribution in [3.63, 3.8) is 0 Å². The van der Waals surface area contributed by atoms with Crippen LogP contribution in [0.15, 0.2) is 24.4 Å². The predicted molar refractivity (Wildman–Crippen MR) is 119 cm³/mol. The van der Waals surface area contributed by atoms with E-state index in [9.17, 15) is 4.79 Å². The summed E-state index contributed by atoms with van der Waals surface area (Å²) in [6.45, 7) is 4.27. The highest BCUT2D eigenvalue weighted by atomic mass is 35.5. The Kier molecular flexibility index (Phi) is 6.73. The maximum atomic E-state index is 12.6. The van der Waals surface area contributed by atoms with E-state index in [0.717, 1.165) is 6.42 Å². The van der Waals surface area contributed by atoms with Crippen LogP contribution in [0.1, 0.15) is 6.42 Å². The molecule has 1 aromatic carbocycles. The Labute approximate surface area is 189 Å². The van der Waals surface area contributed by atoms with Crippen molar-refractivity contribution in [2.75, 3.05) is 56.2 Å². The highest BCUT2D eigenvalue weighted by molar-refractivity contribution is 6.36. The first kappa shape index (κ1) is 21.3. The molecular weight excluding hydrogens is 451 g/mol. The van der Waals surface area contributed by atoms with Crippen molar-refractivity contribution in [3.8, 4) is 11.5 Å². The Morgan fingerprint density at radius 3 is 2.40 bits per heavy atom. The summed E-state index contributed by atoms with van der Waals surface area (Å²) in [5.74, 6) is 1.76. The number of aromatic nitrogens is 1. The number of carbonyl (C=O) groups is 1. The average Bonchev–Trinajstić information content (AvgIpc) is 2.94. The Hall–Kier alpha value is -1.93. The quantitative estimate of drug-likeness (QED) is 0.728. The number of piperazine rings is 1. The largest absolute Gasteiger partial charge is 0.490 e. The van der Waals surface area contributed by atoms with Gasteiger partial charge in [-0.25, -0.2) is 4.98 Å². The normalized spacial score (nSPS) is 16.8. The van der Waals surface area contributed by atoms with Gasteiger partial charge in [-0.1, -0.05) is 34.8 Å². The summed E-state index contributed by atoms with van der Waals surface area (Å²) in [5, 5.41) is 4.33. The van der Waals surface area contributed by atoms with Crippen molar-refractivity contribution in [1.82, 2.24) is 9.88 Å². The lowest BCUT2D eigenvalue weighted by atomic mass is 10.2. The second kappa shape index (κ2) is 9.47. The van der Waals surface area contributed by atoms with Crippen molar-refractivity contribution < 1.29 is 14.3 Å². The third-order valence-electron chi connectivity index (χ3n) is 4.94. The summed E-state index contributed by atoms with van der Waals surface area (Å²) in [6, 6.07) is 5.08. The molecular formula is C20H21Cl3N4O3. The summed E-state index contributed by atoms with van der Waals surface area (Å²) in [5.41, 5.74) is 0.515. The number of nitrogens with one attached hydrogen (secondary N) is 1. The van der Waals surface area contributed by atoms with Crippen LogP contribution in [0.3, 0.4) is 0 Å². The van der Waals surface area contributed by atoms with Crippen molar-refractivity contribution in [2.45, 2.75) is 6.42 Å². The van der Waals surface area contributed by atoms with Gasteiger partial charge in [-0.3, -0.25) is 9.69 Å². The molecule has 0 spiro atoms. The maximum Gasteiger partial charge on any atom is 0.238 e. The lowest BCUT2D eigenvalue weighted by Crippen LogP contribution is -2.49. The number of fused-ring (bicyclic) bond motifs is 1. The fourth-order valence-corrected chi connectivity index (χ4v) is 4.13. The van der Waals surface area contributed by atoms with E-state index in [2.05, 4.69) is 20.1 Å². The van der Waals surface area contributed by atoms with Crippen LogP contribution in [0.2, 0.25) is 15.1 Å². The minimum atomic E-state index is -0.137. The number of benzene rings is 1. The van der Waals surface area contributed by atoms with Gasteiger partial charge in [0.1, 0.15) is 5.82 Å². The van der Waals surface area contributed by atoms with Gasteiger partial charge in [0, 0.05) is 50.9 Å². The number of carbonyl (C=O) groups excluding carboxylic acids is 1. The van der Waals surface area contributed by atoms with Gasteiger partial charge >= 0.3 is 0 Å². The van der Waals surface area contributed by atoms with Crippen LogP contribution in [0.5, 0.6) is 11.5 Å². The van der Waals surface area contributed by atoms with Crippen molar-refractivity contribution in [2.24, 2.45) is 0 Å². The van der Waals surface area contributed by atoms with E-state index in [1.165, 1.54) is 0 Å². The van der Waals surface area contributed by atoms with Gasteiger partial charge in [0.25, 0.3) is 0 Å². The molecule has 0 atom stereocenters. The van der Waals surface area contributed by atoms with Crippen LogP contribution >= 0.6 is 34.8 Å². The first-order chi connectivity index (χ1) is 14.5. The zero-order chi connectivity index (χ0) is 21.1. The van der Waals surface area contributed by atoms with Crippen LogP contribution in [-0.2, 0) is 4.79 Å². The molecule has 0 radical (unpaired) electrons. The Bertz CT molecular complexity index is 936. The fourth-order valence-electron chi connectivity index (χ4n) is 3.43. The minimum absolute atomic E-state index is 0.137. The lowest BCUT2D eigenvalue weighted by molar-refractivity contribution is -0.117. The summed E-state index contributed by atoms with van der Waals surface area (Å²) in [7, 11) is 0. The SMILES string of the molecule is O=C(CN1CCN(c2ncc(Cl)cc2Cl)CC1)Nc1cc2c(cc1Cl)OCCCO2. The minimum Gasteiger partial charge on any atom is -0.490 e. The van der Waals surface area contributed by atoms with E-state index in [4.69, 9.17) is 44.3 Å². The number of amides is 1. The van der Waals surface area contributed by atoms with E-state index >= 15 is 0 Å². The maximum absolute atomic E-state index is 12.6. The summed E-state index contributed by atoms with van der Waals surface area (Å²) < 4.78 is 11.3. The van der Waals surface area contributed by atoms with Crippen molar-refractivity contribution in [3.05, 3.63) is 39.5 Å². The molecule has 160 valence electrons. The summed E-state index contributed by atoms with van der Waals surface area (Å²) in [4.78, 5) is 21.1. The van der Waals surface area contributed by atoms with E-state index < -0.39 is 0 Å². The summed E-state index contributed by atoms with van der Waals surface area (Å²) in [6.07, 6.45) is 2.39. The molecule has 2 aromatic rings. The number of hydrogen-bond acceptors (Lipinski definition) is 6. The lowest BCUT2D eigenvalue weighted by Gasteiger charge is -2.35. The van der Waals surface area contributed by atoms with E-state index in [-0.39, 0.29) is 12.5 Å². The highest BCUT2D eigenvalue weighted by Gasteiger charge is 2.22. The van der Waals surface area contributed by atoms with Crippen LogP contribution in [0.25, 0.3) is 0 Å². The van der Waals surface area contributed by atoms with Gasteiger partial charge in [-0.2, -0.15) is 0 Å². The fraction of sp³-hybridized carbons (Fsp3) is 0.400. The Balaban J connectivity index is 1.33. The molecule has 0 aliphatic carbocycles. The van der Waals surface area contributed by atoms with Gasteiger partial charge in [-0.15, -0.1) is 0 Å². The Morgan fingerprint density at radius 1 is 1.00 bits per heavy atom. The predicted octanol–water partition coefficient (Wildman–Crippen LogP) is 3.96. The Morgan fingerprint density at radius 2 is 1.70 bits per heavy atom. The topological polar surface area (TPSA) is 66.9 Å².